The Hall–Kier alpha value is -2.98. The van der Waals surface area contributed by atoms with Crippen LogP contribution in [0, 0.1) is 22.7 Å². The summed E-state index contributed by atoms with van der Waals surface area (Å²) in [6.07, 6.45) is 0. The van der Waals surface area contributed by atoms with Crippen LogP contribution in [0.1, 0.15) is 11.1 Å². The molecule has 4 nitrogen and oxygen atoms in total. The molecule has 1 N–H and O–H groups in total. The minimum atomic E-state index is 0.317. The molecule has 1 aliphatic rings. The first kappa shape index (κ1) is 10.2. The van der Waals surface area contributed by atoms with E-state index in [1.807, 2.05) is 36.4 Å². The van der Waals surface area contributed by atoms with Crippen molar-refractivity contribution in [3.05, 3.63) is 47.5 Å². The fourth-order valence-electron chi connectivity index (χ4n) is 1.87. The minimum Gasteiger partial charge on any atom is -0.453 e. The maximum Gasteiger partial charge on any atom is 0.152 e. The number of rotatable bonds is 0. The highest BCUT2D eigenvalue weighted by Gasteiger charge is 2.18. The number of hydrogen-bond acceptors (Lipinski definition) is 4. The van der Waals surface area contributed by atoms with Crippen LogP contribution >= 0.6 is 0 Å². The van der Waals surface area contributed by atoms with Crippen LogP contribution in [0.5, 0.6) is 11.5 Å². The molecule has 0 atom stereocenters. The molecule has 0 unspecified atom stereocenters. The van der Waals surface area contributed by atoms with E-state index in [9.17, 15) is 0 Å². The molecule has 0 aliphatic carbocycles. The maximum atomic E-state index is 8.98. The van der Waals surface area contributed by atoms with E-state index in [-0.39, 0.29) is 0 Å². The van der Waals surface area contributed by atoms with Gasteiger partial charge >= 0.3 is 0 Å². The first-order valence-corrected chi connectivity index (χ1v) is 5.34. The number of fused-ring (bicyclic) bond motifs is 2. The number of benzene rings is 2. The molecule has 0 amide bonds. The number of ether oxygens (including phenoxy) is 1. The highest BCUT2D eigenvalue weighted by molar-refractivity contribution is 5.77. The predicted octanol–water partition coefficient (Wildman–Crippen LogP) is 3.28. The zero-order valence-corrected chi connectivity index (χ0v) is 9.27. The lowest BCUT2D eigenvalue weighted by atomic mass is 10.1. The number of nitrogens with zero attached hydrogens (tertiary/aromatic N) is 2. The summed E-state index contributed by atoms with van der Waals surface area (Å²) >= 11 is 0. The van der Waals surface area contributed by atoms with Crippen LogP contribution in [0.2, 0.25) is 0 Å². The Morgan fingerprint density at radius 3 is 2.39 bits per heavy atom. The van der Waals surface area contributed by atoms with E-state index in [0.717, 1.165) is 5.69 Å². The Labute approximate surface area is 104 Å². The molecule has 0 saturated heterocycles. The van der Waals surface area contributed by atoms with Gasteiger partial charge in [-0.25, -0.2) is 0 Å². The summed E-state index contributed by atoms with van der Waals surface area (Å²) in [6.45, 7) is 0. The fourth-order valence-corrected chi connectivity index (χ4v) is 1.87. The van der Waals surface area contributed by atoms with Gasteiger partial charge in [0, 0.05) is 6.07 Å². The smallest absolute Gasteiger partial charge is 0.152 e. The Kier molecular flexibility index (Phi) is 2.15. The van der Waals surface area contributed by atoms with Gasteiger partial charge in [-0.3, -0.25) is 0 Å². The van der Waals surface area contributed by atoms with Crippen LogP contribution in [0.3, 0.4) is 0 Å². The van der Waals surface area contributed by atoms with Gasteiger partial charge < -0.3 is 10.1 Å². The number of hydrogen-bond donors (Lipinski definition) is 1. The van der Waals surface area contributed by atoms with Gasteiger partial charge in [-0.05, 0) is 18.2 Å². The van der Waals surface area contributed by atoms with Gasteiger partial charge in [0.1, 0.15) is 12.1 Å². The zero-order valence-electron chi connectivity index (χ0n) is 9.27. The number of anilines is 2. The van der Waals surface area contributed by atoms with Crippen molar-refractivity contribution in [1.82, 2.24) is 0 Å². The molecular formula is C14H7N3O. The second kappa shape index (κ2) is 3.80. The van der Waals surface area contributed by atoms with Crippen LogP contribution in [0.25, 0.3) is 0 Å². The molecule has 18 heavy (non-hydrogen) atoms. The molecule has 0 fully saturated rings. The summed E-state index contributed by atoms with van der Waals surface area (Å²) in [5.74, 6) is 1.27. The lowest BCUT2D eigenvalue weighted by Crippen LogP contribution is -2.03. The third-order valence-corrected chi connectivity index (χ3v) is 2.74. The van der Waals surface area contributed by atoms with E-state index in [1.165, 1.54) is 0 Å². The summed E-state index contributed by atoms with van der Waals surface area (Å²) < 4.78 is 5.70. The first-order valence-electron chi connectivity index (χ1n) is 5.34. The Morgan fingerprint density at radius 1 is 0.889 bits per heavy atom. The van der Waals surface area contributed by atoms with Crippen molar-refractivity contribution in [3.63, 3.8) is 0 Å². The second-order valence-corrected chi connectivity index (χ2v) is 3.84. The predicted molar refractivity (Wildman–Crippen MR) is 65.7 cm³/mol. The van der Waals surface area contributed by atoms with E-state index in [4.69, 9.17) is 15.3 Å². The van der Waals surface area contributed by atoms with Gasteiger partial charge in [0.25, 0.3) is 0 Å². The SMILES string of the molecule is N#Cc1cc2c(cc1C#N)Oc1ccccc1N2. The minimum absolute atomic E-state index is 0.317. The monoisotopic (exact) mass is 233 g/mol. The molecule has 2 aromatic rings. The van der Waals surface area contributed by atoms with E-state index < -0.39 is 0 Å². The molecule has 0 bridgehead atoms. The Morgan fingerprint density at radius 2 is 1.61 bits per heavy atom. The molecule has 0 spiro atoms. The average molecular weight is 233 g/mol. The van der Waals surface area contributed by atoms with Crippen LogP contribution in [-0.4, -0.2) is 0 Å². The van der Waals surface area contributed by atoms with Crippen molar-refractivity contribution in [2.45, 2.75) is 0 Å². The molecule has 1 aliphatic heterocycles. The van der Waals surface area contributed by atoms with Gasteiger partial charge in [-0.2, -0.15) is 10.5 Å². The summed E-state index contributed by atoms with van der Waals surface area (Å²) in [6, 6.07) is 14.7. The fraction of sp³-hybridized carbons (Fsp3) is 0. The highest BCUT2D eigenvalue weighted by atomic mass is 16.5. The van der Waals surface area contributed by atoms with Crippen LogP contribution < -0.4 is 10.1 Å². The van der Waals surface area contributed by atoms with Crippen molar-refractivity contribution >= 4 is 11.4 Å². The largest absolute Gasteiger partial charge is 0.453 e. The van der Waals surface area contributed by atoms with Crippen molar-refractivity contribution < 1.29 is 4.74 Å². The van der Waals surface area contributed by atoms with Crippen molar-refractivity contribution in [2.24, 2.45) is 0 Å². The van der Waals surface area contributed by atoms with Gasteiger partial charge in [-0.15, -0.1) is 0 Å². The maximum absolute atomic E-state index is 8.98. The van der Waals surface area contributed by atoms with E-state index in [0.29, 0.717) is 28.3 Å². The van der Waals surface area contributed by atoms with Crippen molar-refractivity contribution in [2.75, 3.05) is 5.32 Å². The molecule has 4 heteroatoms. The third kappa shape index (κ3) is 1.45. The molecular weight excluding hydrogens is 226 g/mol. The lowest BCUT2D eigenvalue weighted by Gasteiger charge is -2.21. The van der Waals surface area contributed by atoms with E-state index in [1.54, 1.807) is 12.1 Å². The zero-order chi connectivity index (χ0) is 12.5. The molecule has 1 heterocycles. The Balaban J connectivity index is 2.15. The molecule has 2 aromatic carbocycles. The van der Waals surface area contributed by atoms with Crippen molar-refractivity contribution in [3.8, 4) is 23.6 Å². The van der Waals surface area contributed by atoms with Gasteiger partial charge in [0.05, 0.1) is 22.5 Å². The standard InChI is InChI=1S/C14H7N3O/c15-7-9-5-12-14(6-10(9)8-16)18-13-4-2-1-3-11(13)17-12/h1-6,17H. The third-order valence-electron chi connectivity index (χ3n) is 2.74. The van der Waals surface area contributed by atoms with Gasteiger partial charge in [-0.1, -0.05) is 12.1 Å². The molecule has 3 rings (SSSR count). The van der Waals surface area contributed by atoms with Crippen LogP contribution in [-0.2, 0) is 0 Å². The summed E-state index contributed by atoms with van der Waals surface area (Å²) in [4.78, 5) is 0. The van der Waals surface area contributed by atoms with Crippen LogP contribution in [0.4, 0.5) is 11.4 Å². The van der Waals surface area contributed by atoms with Crippen molar-refractivity contribution in [1.29, 1.82) is 10.5 Å². The van der Waals surface area contributed by atoms with Gasteiger partial charge in [0.15, 0.2) is 11.5 Å². The van der Waals surface area contributed by atoms with Gasteiger partial charge in [0.2, 0.25) is 0 Å². The second-order valence-electron chi connectivity index (χ2n) is 3.84. The molecule has 0 saturated carbocycles. The number of nitrogens with one attached hydrogen (secondary N) is 1. The summed E-state index contributed by atoms with van der Waals surface area (Å²) in [7, 11) is 0. The lowest BCUT2D eigenvalue weighted by molar-refractivity contribution is 0.481. The topological polar surface area (TPSA) is 68.8 Å². The first-order chi connectivity index (χ1) is 8.81. The van der Waals surface area contributed by atoms with Crippen LogP contribution in [0.15, 0.2) is 36.4 Å². The number of para-hydroxylation sites is 2. The average Bonchev–Trinajstić information content (AvgIpc) is 2.43. The number of nitriles is 2. The van der Waals surface area contributed by atoms with E-state index >= 15 is 0 Å². The quantitative estimate of drug-likeness (QED) is 0.646. The molecule has 84 valence electrons. The normalized spacial score (nSPS) is 11.0. The molecule has 0 radical (unpaired) electrons. The molecule has 0 aromatic heterocycles. The Bertz CT molecular complexity index is 661. The summed E-state index contributed by atoms with van der Waals surface area (Å²) in [5, 5.41) is 21.1. The summed E-state index contributed by atoms with van der Waals surface area (Å²) in [5.41, 5.74) is 2.20. The van der Waals surface area contributed by atoms with E-state index in [2.05, 4.69) is 5.32 Å². The highest BCUT2D eigenvalue weighted by Crippen LogP contribution is 2.42.